The van der Waals surface area contributed by atoms with Gasteiger partial charge in [0.05, 0.1) is 16.8 Å². The van der Waals surface area contributed by atoms with Gasteiger partial charge in [0.15, 0.2) is 10.9 Å². The zero-order valence-electron chi connectivity index (χ0n) is 16.7. The first kappa shape index (κ1) is 19.7. The quantitative estimate of drug-likeness (QED) is 0.268. The number of fused-ring (bicyclic) bond motifs is 1. The molecule has 0 spiro atoms. The van der Waals surface area contributed by atoms with Crippen LogP contribution in [0.2, 0.25) is 0 Å². The number of aromatic nitrogens is 3. The lowest BCUT2D eigenvalue weighted by Crippen LogP contribution is -2.20. The van der Waals surface area contributed by atoms with Crippen molar-refractivity contribution in [3.05, 3.63) is 69.1 Å². The highest BCUT2D eigenvalue weighted by Crippen LogP contribution is 2.33. The third-order valence-corrected chi connectivity index (χ3v) is 7.06. The molecule has 0 N–H and O–H groups in total. The zero-order chi connectivity index (χ0) is 20.7. The first-order chi connectivity index (χ1) is 13.9. The second-order valence-electron chi connectivity index (χ2n) is 7.10. The third kappa shape index (κ3) is 3.56. The number of carbonyl (C=O) groups is 1. The van der Waals surface area contributed by atoms with Crippen molar-refractivity contribution in [2.24, 2.45) is 14.1 Å². The number of ketones is 1. The number of thioether (sulfide) groups is 1. The normalized spacial score (nSPS) is 11.3. The highest BCUT2D eigenvalue weighted by atomic mass is 32.2. The molecule has 148 valence electrons. The van der Waals surface area contributed by atoms with Gasteiger partial charge in [0.25, 0.3) is 5.56 Å². The van der Waals surface area contributed by atoms with Gasteiger partial charge in [0.1, 0.15) is 4.83 Å². The molecule has 7 heteroatoms. The molecule has 3 aromatic heterocycles. The van der Waals surface area contributed by atoms with Crippen molar-refractivity contribution in [3.8, 4) is 11.1 Å². The predicted octanol–water partition coefficient (Wildman–Crippen LogP) is 4.59. The van der Waals surface area contributed by atoms with Crippen molar-refractivity contribution in [3.63, 3.8) is 0 Å². The number of thiophene rings is 1. The Balaban J connectivity index is 1.69. The van der Waals surface area contributed by atoms with Gasteiger partial charge in [-0.15, -0.1) is 11.3 Å². The summed E-state index contributed by atoms with van der Waals surface area (Å²) in [6, 6.07) is 9.87. The summed E-state index contributed by atoms with van der Waals surface area (Å²) in [6.07, 6.45) is 1.85. The molecule has 4 aromatic rings. The molecule has 0 atom stereocenters. The van der Waals surface area contributed by atoms with E-state index in [-0.39, 0.29) is 17.1 Å². The predicted molar refractivity (Wildman–Crippen MR) is 120 cm³/mol. The lowest BCUT2D eigenvalue weighted by molar-refractivity contribution is 0.101. The number of rotatable bonds is 5. The topological polar surface area (TPSA) is 56.9 Å². The average molecular weight is 424 g/mol. The van der Waals surface area contributed by atoms with E-state index in [2.05, 4.69) is 31.0 Å². The lowest BCUT2D eigenvalue weighted by atomic mass is 10.0. The Morgan fingerprint density at radius 3 is 2.66 bits per heavy atom. The molecule has 0 aliphatic heterocycles. The molecule has 0 unspecified atom stereocenters. The summed E-state index contributed by atoms with van der Waals surface area (Å²) >= 11 is 2.76. The van der Waals surface area contributed by atoms with Gasteiger partial charge in [-0.1, -0.05) is 30.0 Å². The van der Waals surface area contributed by atoms with Crippen LogP contribution in [0.1, 0.15) is 21.6 Å². The van der Waals surface area contributed by atoms with Gasteiger partial charge in [-0.2, -0.15) is 0 Å². The third-order valence-electron chi connectivity index (χ3n) is 5.15. The molecule has 3 heterocycles. The Labute approximate surface area is 177 Å². The van der Waals surface area contributed by atoms with Crippen molar-refractivity contribution in [2.45, 2.75) is 19.0 Å². The molecule has 0 amide bonds. The average Bonchev–Trinajstić information content (AvgIpc) is 3.31. The van der Waals surface area contributed by atoms with Crippen LogP contribution in [-0.4, -0.2) is 25.7 Å². The van der Waals surface area contributed by atoms with Crippen LogP contribution in [0.15, 0.2) is 51.9 Å². The van der Waals surface area contributed by atoms with E-state index >= 15 is 0 Å². The second-order valence-corrected chi connectivity index (χ2v) is 8.90. The number of hydrogen-bond acceptors (Lipinski definition) is 5. The summed E-state index contributed by atoms with van der Waals surface area (Å²) in [5.41, 5.74) is 4.92. The van der Waals surface area contributed by atoms with Crippen LogP contribution in [0, 0.1) is 13.8 Å². The minimum absolute atomic E-state index is 0.0128. The molecule has 0 radical (unpaired) electrons. The SMILES string of the molecule is Cc1ccc(-c2csc3nc(SCC(=O)c4cccn4C)n(C)c(=O)c23)cc1C. The maximum atomic E-state index is 13.1. The number of nitrogens with zero attached hydrogens (tertiary/aromatic N) is 3. The maximum absolute atomic E-state index is 13.1. The summed E-state index contributed by atoms with van der Waals surface area (Å²) in [5, 5.41) is 3.18. The van der Waals surface area contributed by atoms with Crippen molar-refractivity contribution in [2.75, 3.05) is 5.75 Å². The molecule has 1 aromatic carbocycles. The van der Waals surface area contributed by atoms with Gasteiger partial charge in [-0.05, 0) is 42.7 Å². The Morgan fingerprint density at radius 1 is 1.17 bits per heavy atom. The fourth-order valence-electron chi connectivity index (χ4n) is 3.26. The Hall–Kier alpha value is -2.64. The van der Waals surface area contributed by atoms with Crippen LogP contribution in [-0.2, 0) is 14.1 Å². The van der Waals surface area contributed by atoms with Gasteiger partial charge in [-0.25, -0.2) is 4.98 Å². The van der Waals surface area contributed by atoms with Crippen LogP contribution in [0.25, 0.3) is 21.3 Å². The molecular formula is C22H21N3O2S2. The van der Waals surface area contributed by atoms with E-state index in [1.54, 1.807) is 22.2 Å². The highest BCUT2D eigenvalue weighted by Gasteiger charge is 2.17. The molecule has 0 aliphatic rings. The van der Waals surface area contributed by atoms with Crippen molar-refractivity contribution >= 4 is 39.1 Å². The molecular weight excluding hydrogens is 402 g/mol. The van der Waals surface area contributed by atoms with E-state index in [1.807, 2.05) is 30.8 Å². The van der Waals surface area contributed by atoms with Crippen LogP contribution < -0.4 is 5.56 Å². The highest BCUT2D eigenvalue weighted by molar-refractivity contribution is 7.99. The number of Topliss-reactive ketones (excluding diaryl/α,β-unsaturated/α-hetero) is 1. The number of aryl methyl sites for hydroxylation is 3. The molecule has 5 nitrogen and oxygen atoms in total. The molecule has 29 heavy (non-hydrogen) atoms. The fraction of sp³-hybridized carbons (Fsp3) is 0.227. The fourth-order valence-corrected chi connectivity index (χ4v) is 5.09. The van der Waals surface area contributed by atoms with E-state index in [0.717, 1.165) is 11.1 Å². The molecule has 0 bridgehead atoms. The van der Waals surface area contributed by atoms with E-state index in [0.29, 0.717) is 21.1 Å². The first-order valence-corrected chi connectivity index (χ1v) is 11.1. The molecule has 0 saturated heterocycles. The Bertz CT molecular complexity index is 1300. The lowest BCUT2D eigenvalue weighted by Gasteiger charge is -2.08. The molecule has 0 aliphatic carbocycles. The molecule has 0 fully saturated rings. The van der Waals surface area contributed by atoms with Crippen molar-refractivity contribution < 1.29 is 4.79 Å². The summed E-state index contributed by atoms with van der Waals surface area (Å²) in [7, 11) is 3.56. The molecule has 0 saturated carbocycles. The standard InChI is InChI=1S/C22H21N3O2S2/c1-13-7-8-15(10-14(13)2)16-11-28-20-19(16)21(27)25(4)22(23-20)29-12-18(26)17-6-5-9-24(17)3/h5-11H,12H2,1-4H3. The van der Waals surface area contributed by atoms with Crippen molar-refractivity contribution in [1.29, 1.82) is 0 Å². The summed E-state index contributed by atoms with van der Waals surface area (Å²) in [5.74, 6) is 0.248. The summed E-state index contributed by atoms with van der Waals surface area (Å²) in [4.78, 5) is 31.0. The van der Waals surface area contributed by atoms with E-state index in [9.17, 15) is 9.59 Å². The Kier molecular flexibility index (Phi) is 5.19. The van der Waals surface area contributed by atoms with Gasteiger partial charge >= 0.3 is 0 Å². The van der Waals surface area contributed by atoms with Gasteiger partial charge in [0.2, 0.25) is 0 Å². The van der Waals surface area contributed by atoms with Gasteiger partial charge in [0, 0.05) is 31.2 Å². The summed E-state index contributed by atoms with van der Waals surface area (Å²) in [6.45, 7) is 4.15. The van der Waals surface area contributed by atoms with Crippen LogP contribution in [0.5, 0.6) is 0 Å². The van der Waals surface area contributed by atoms with E-state index in [4.69, 9.17) is 0 Å². The van der Waals surface area contributed by atoms with Gasteiger partial charge in [-0.3, -0.25) is 14.2 Å². The van der Waals surface area contributed by atoms with E-state index < -0.39 is 0 Å². The van der Waals surface area contributed by atoms with Crippen LogP contribution in [0.4, 0.5) is 0 Å². The van der Waals surface area contributed by atoms with Crippen molar-refractivity contribution in [1.82, 2.24) is 14.1 Å². The molecule has 4 rings (SSSR count). The minimum Gasteiger partial charge on any atom is -0.348 e. The van der Waals surface area contributed by atoms with Gasteiger partial charge < -0.3 is 4.57 Å². The van der Waals surface area contributed by atoms with Crippen LogP contribution >= 0.6 is 23.1 Å². The number of hydrogen-bond donors (Lipinski definition) is 0. The van der Waals surface area contributed by atoms with Crippen LogP contribution in [0.3, 0.4) is 0 Å². The zero-order valence-corrected chi connectivity index (χ0v) is 18.4. The number of carbonyl (C=O) groups excluding carboxylic acids is 1. The second kappa shape index (κ2) is 7.65. The monoisotopic (exact) mass is 423 g/mol. The Morgan fingerprint density at radius 2 is 1.97 bits per heavy atom. The number of benzene rings is 1. The minimum atomic E-state index is -0.0849. The van der Waals surface area contributed by atoms with E-state index in [1.165, 1.54) is 34.2 Å². The largest absolute Gasteiger partial charge is 0.348 e. The first-order valence-electron chi connectivity index (χ1n) is 9.20. The smallest absolute Gasteiger partial charge is 0.263 e. The summed E-state index contributed by atoms with van der Waals surface area (Å²) < 4.78 is 3.34. The maximum Gasteiger partial charge on any atom is 0.263 e.